The van der Waals surface area contributed by atoms with E-state index in [9.17, 15) is 4.79 Å². The maximum Gasteiger partial charge on any atom is 0.242 e. The van der Waals surface area contributed by atoms with Crippen LogP contribution in [0.3, 0.4) is 0 Å². The van der Waals surface area contributed by atoms with Gasteiger partial charge in [0.15, 0.2) is 5.17 Å². The molecule has 136 valence electrons. The lowest BCUT2D eigenvalue weighted by atomic mass is 10.1. The normalized spacial score (nSPS) is 18.6. The summed E-state index contributed by atoms with van der Waals surface area (Å²) in [6, 6.07) is 15.2. The van der Waals surface area contributed by atoms with Crippen LogP contribution in [0.5, 0.6) is 5.75 Å². The fourth-order valence-electron chi connectivity index (χ4n) is 2.74. The summed E-state index contributed by atoms with van der Waals surface area (Å²) in [5.41, 5.74) is 1.91. The van der Waals surface area contributed by atoms with Gasteiger partial charge in [-0.15, -0.1) is 0 Å². The molecule has 0 bridgehead atoms. The van der Waals surface area contributed by atoms with E-state index >= 15 is 0 Å². The average Bonchev–Trinajstić information content (AvgIpc) is 2.93. The van der Waals surface area contributed by atoms with Crippen LogP contribution in [0.25, 0.3) is 0 Å². The summed E-state index contributed by atoms with van der Waals surface area (Å²) >= 11 is 7.46. The molecule has 6 heteroatoms. The first-order chi connectivity index (χ1) is 12.6. The van der Waals surface area contributed by atoms with Gasteiger partial charge in [-0.25, -0.2) is 4.99 Å². The molecule has 0 aliphatic carbocycles. The smallest absolute Gasteiger partial charge is 0.242 e. The Morgan fingerprint density at radius 3 is 2.42 bits per heavy atom. The van der Waals surface area contributed by atoms with Crippen molar-refractivity contribution < 1.29 is 9.53 Å². The molecular formula is C20H21ClN2O2S. The van der Waals surface area contributed by atoms with Crippen molar-refractivity contribution in [2.24, 2.45) is 4.99 Å². The van der Waals surface area contributed by atoms with Crippen molar-refractivity contribution in [1.82, 2.24) is 4.90 Å². The number of benzene rings is 2. The van der Waals surface area contributed by atoms with E-state index in [2.05, 4.69) is 4.99 Å². The number of hydrogen-bond donors (Lipinski definition) is 0. The highest BCUT2D eigenvalue weighted by Gasteiger charge is 2.36. The third-order valence-electron chi connectivity index (χ3n) is 4.04. The average molecular weight is 389 g/mol. The van der Waals surface area contributed by atoms with Crippen molar-refractivity contribution in [2.45, 2.75) is 25.5 Å². The molecular weight excluding hydrogens is 368 g/mol. The Balaban J connectivity index is 1.76. The minimum Gasteiger partial charge on any atom is -0.494 e. The topological polar surface area (TPSA) is 41.9 Å². The second kappa shape index (κ2) is 8.60. The molecule has 1 saturated heterocycles. The predicted octanol–water partition coefficient (Wildman–Crippen LogP) is 4.93. The van der Waals surface area contributed by atoms with Crippen LogP contribution in [0.4, 0.5) is 5.69 Å². The number of thioether (sulfide) groups is 1. The molecule has 1 aliphatic rings. The number of carbonyl (C=O) groups excluding carboxylic acids is 1. The van der Waals surface area contributed by atoms with Gasteiger partial charge in [0, 0.05) is 11.6 Å². The van der Waals surface area contributed by atoms with Crippen LogP contribution in [0.2, 0.25) is 5.02 Å². The van der Waals surface area contributed by atoms with Gasteiger partial charge in [0.25, 0.3) is 0 Å². The summed E-state index contributed by atoms with van der Waals surface area (Å²) in [5, 5.41) is 1.30. The molecule has 26 heavy (non-hydrogen) atoms. The van der Waals surface area contributed by atoms with E-state index in [1.165, 1.54) is 11.8 Å². The third kappa shape index (κ3) is 4.40. The number of aliphatic imine (C=N–C) groups is 1. The van der Waals surface area contributed by atoms with E-state index in [1.807, 2.05) is 62.4 Å². The highest BCUT2D eigenvalue weighted by atomic mass is 35.5. The summed E-state index contributed by atoms with van der Waals surface area (Å²) in [5.74, 6) is 0.928. The van der Waals surface area contributed by atoms with E-state index in [-0.39, 0.29) is 11.2 Å². The zero-order valence-corrected chi connectivity index (χ0v) is 16.4. The van der Waals surface area contributed by atoms with Crippen molar-refractivity contribution in [1.29, 1.82) is 0 Å². The highest BCUT2D eigenvalue weighted by Crippen LogP contribution is 2.32. The Bertz CT molecular complexity index is 790. The molecule has 0 saturated carbocycles. The van der Waals surface area contributed by atoms with Gasteiger partial charge in [-0.2, -0.15) is 0 Å². The van der Waals surface area contributed by atoms with Crippen LogP contribution in [0.1, 0.15) is 19.4 Å². The number of amides is 1. The fraction of sp³-hybridized carbons (Fsp3) is 0.300. The van der Waals surface area contributed by atoms with Crippen molar-refractivity contribution in [3.63, 3.8) is 0 Å². The second-order valence-electron chi connectivity index (χ2n) is 5.84. The van der Waals surface area contributed by atoms with Crippen LogP contribution < -0.4 is 4.74 Å². The van der Waals surface area contributed by atoms with Gasteiger partial charge in [0.05, 0.1) is 17.5 Å². The zero-order valence-electron chi connectivity index (χ0n) is 14.8. The van der Waals surface area contributed by atoms with Crippen LogP contribution in [0.15, 0.2) is 53.5 Å². The third-order valence-corrected chi connectivity index (χ3v) is 5.47. The first kappa shape index (κ1) is 18.8. The maximum absolute atomic E-state index is 12.7. The molecule has 0 radical (unpaired) electrons. The number of nitrogens with zero attached hydrogens (tertiary/aromatic N) is 2. The number of rotatable bonds is 6. The van der Waals surface area contributed by atoms with Gasteiger partial charge in [-0.1, -0.05) is 35.5 Å². The number of hydrogen-bond acceptors (Lipinski definition) is 4. The molecule has 1 heterocycles. The van der Waals surface area contributed by atoms with Crippen molar-refractivity contribution in [3.8, 4) is 5.75 Å². The summed E-state index contributed by atoms with van der Waals surface area (Å²) in [6.45, 7) is 5.17. The first-order valence-corrected chi connectivity index (χ1v) is 9.90. The second-order valence-corrected chi connectivity index (χ2v) is 7.45. The van der Waals surface area contributed by atoms with Crippen LogP contribution >= 0.6 is 23.4 Å². The molecule has 2 aromatic rings. The Labute approximate surface area is 163 Å². The Morgan fingerprint density at radius 2 is 1.81 bits per heavy atom. The van der Waals surface area contributed by atoms with E-state index < -0.39 is 0 Å². The van der Waals surface area contributed by atoms with Crippen LogP contribution in [0, 0.1) is 0 Å². The Morgan fingerprint density at radius 1 is 1.12 bits per heavy atom. The molecule has 1 atom stereocenters. The van der Waals surface area contributed by atoms with Crippen molar-refractivity contribution in [3.05, 3.63) is 59.1 Å². The molecule has 0 aromatic heterocycles. The Hall–Kier alpha value is -1.98. The van der Waals surface area contributed by atoms with Crippen molar-refractivity contribution >= 4 is 40.1 Å². The summed E-state index contributed by atoms with van der Waals surface area (Å²) < 4.78 is 5.45. The number of halogens is 1. The molecule has 0 unspecified atom stereocenters. The number of ether oxygens (including phenoxy) is 1. The van der Waals surface area contributed by atoms with Gasteiger partial charge in [-0.05, 0) is 62.2 Å². The monoisotopic (exact) mass is 388 g/mol. The van der Waals surface area contributed by atoms with Gasteiger partial charge < -0.3 is 4.74 Å². The molecule has 2 aromatic carbocycles. The summed E-state index contributed by atoms with van der Waals surface area (Å²) in [7, 11) is 0. The molecule has 0 spiro atoms. The largest absolute Gasteiger partial charge is 0.494 e. The number of amidine groups is 1. The van der Waals surface area contributed by atoms with E-state index in [1.54, 1.807) is 4.90 Å². The number of carbonyl (C=O) groups is 1. The first-order valence-electron chi connectivity index (χ1n) is 8.64. The predicted molar refractivity (Wildman–Crippen MR) is 109 cm³/mol. The standard InChI is InChI=1S/C20H21ClN2O2S/c1-3-23-19(24)18(13-14-5-7-15(21)8-6-14)26-20(23)22-16-9-11-17(12-10-16)25-4-2/h5-12,18H,3-4,13H2,1-2H3/t18-/m0/s1. The van der Waals surface area contributed by atoms with Gasteiger partial charge in [0.2, 0.25) is 5.91 Å². The fourth-order valence-corrected chi connectivity index (χ4v) is 4.13. The molecule has 0 N–H and O–H groups in total. The van der Waals surface area contributed by atoms with Gasteiger partial charge >= 0.3 is 0 Å². The summed E-state index contributed by atoms with van der Waals surface area (Å²) in [4.78, 5) is 19.2. The van der Waals surface area contributed by atoms with Crippen molar-refractivity contribution in [2.75, 3.05) is 13.2 Å². The lowest BCUT2D eigenvalue weighted by molar-refractivity contribution is -0.126. The molecule has 1 aliphatic heterocycles. The van der Waals surface area contributed by atoms with Crippen LogP contribution in [-0.4, -0.2) is 34.4 Å². The molecule has 4 nitrogen and oxygen atoms in total. The lowest BCUT2D eigenvalue weighted by Crippen LogP contribution is -2.32. The summed E-state index contributed by atoms with van der Waals surface area (Å²) in [6.07, 6.45) is 0.666. The SMILES string of the molecule is CCOc1ccc(N=C2S[C@@H](Cc3ccc(Cl)cc3)C(=O)N2CC)cc1. The van der Waals surface area contributed by atoms with E-state index in [0.29, 0.717) is 24.6 Å². The Kier molecular flexibility index (Phi) is 6.22. The molecule has 3 rings (SSSR count). The zero-order chi connectivity index (χ0) is 18.5. The quantitative estimate of drug-likeness (QED) is 0.704. The van der Waals surface area contributed by atoms with E-state index in [0.717, 1.165) is 22.2 Å². The van der Waals surface area contributed by atoms with Gasteiger partial charge in [-0.3, -0.25) is 9.69 Å². The highest BCUT2D eigenvalue weighted by molar-refractivity contribution is 8.15. The van der Waals surface area contributed by atoms with Gasteiger partial charge in [0.1, 0.15) is 5.75 Å². The minimum absolute atomic E-state index is 0.108. The van der Waals surface area contributed by atoms with Crippen LogP contribution in [-0.2, 0) is 11.2 Å². The van der Waals surface area contributed by atoms with E-state index in [4.69, 9.17) is 16.3 Å². The molecule has 1 amide bonds. The lowest BCUT2D eigenvalue weighted by Gasteiger charge is -2.13. The minimum atomic E-state index is -0.155. The molecule has 1 fully saturated rings. The maximum atomic E-state index is 12.7.